The Hall–Kier alpha value is -4.44. The third-order valence-electron chi connectivity index (χ3n) is 6.28. The second kappa shape index (κ2) is 24.8. The number of aryl methyl sites for hydroxylation is 2. The molecule has 1 amide bonds. The van der Waals surface area contributed by atoms with Crippen LogP contribution in [0.4, 0.5) is 5.69 Å². The van der Waals surface area contributed by atoms with Gasteiger partial charge in [-0.3, -0.25) is 9.59 Å². The van der Waals surface area contributed by atoms with Crippen LogP contribution in [0.3, 0.4) is 0 Å². The third-order valence-corrected chi connectivity index (χ3v) is 7.04. The first kappa shape index (κ1) is 39.6. The molecule has 0 aliphatic carbocycles. The molecule has 46 heavy (non-hydrogen) atoms. The van der Waals surface area contributed by atoms with Crippen LogP contribution in [0.25, 0.3) is 0 Å². The second-order valence-electron chi connectivity index (χ2n) is 10.2. The van der Waals surface area contributed by atoms with Crippen molar-refractivity contribution in [3.8, 4) is 0 Å². The monoisotopic (exact) mass is 644 g/mol. The number of benzene rings is 4. The number of hydrogen-bond acceptors (Lipinski definition) is 7. The van der Waals surface area contributed by atoms with E-state index in [2.05, 4.69) is 53.2 Å². The van der Waals surface area contributed by atoms with Crippen molar-refractivity contribution < 1.29 is 19.5 Å². The lowest BCUT2D eigenvalue weighted by atomic mass is 10.1. The Morgan fingerprint density at radius 1 is 0.804 bits per heavy atom. The molecule has 8 nitrogen and oxygen atoms in total. The molecule has 0 heterocycles. The van der Waals surface area contributed by atoms with E-state index in [4.69, 9.17) is 5.11 Å². The van der Waals surface area contributed by atoms with Gasteiger partial charge in [-0.05, 0) is 80.9 Å². The van der Waals surface area contributed by atoms with E-state index < -0.39 is 5.97 Å². The SMILES string of the molecule is CNCc1ccccc1.CSN(C)c1cc(C)cc(C=O)c1.Cc1ccccc1.O=CNCCCNCc1cccc(C(=O)O)c1. The summed E-state index contributed by atoms with van der Waals surface area (Å²) in [6.07, 6.45) is 4.40. The molecule has 4 N–H and O–H groups in total. The van der Waals surface area contributed by atoms with Gasteiger partial charge in [0.25, 0.3) is 0 Å². The van der Waals surface area contributed by atoms with Crippen LogP contribution in [-0.2, 0) is 17.9 Å². The number of nitrogens with one attached hydrogen (secondary N) is 3. The molecule has 0 saturated carbocycles. The van der Waals surface area contributed by atoms with E-state index in [1.54, 1.807) is 30.1 Å². The van der Waals surface area contributed by atoms with Crippen LogP contribution < -0.4 is 20.3 Å². The highest BCUT2D eigenvalue weighted by molar-refractivity contribution is 7.99. The summed E-state index contributed by atoms with van der Waals surface area (Å²) in [6, 6.07) is 33.3. The van der Waals surface area contributed by atoms with Crippen LogP contribution in [0.2, 0.25) is 0 Å². The molecule has 9 heteroatoms. The van der Waals surface area contributed by atoms with E-state index in [9.17, 15) is 14.4 Å². The normalized spacial score (nSPS) is 9.59. The highest BCUT2D eigenvalue weighted by Gasteiger charge is 2.03. The van der Waals surface area contributed by atoms with Gasteiger partial charge < -0.3 is 25.4 Å². The van der Waals surface area contributed by atoms with Gasteiger partial charge in [-0.1, -0.05) is 90.3 Å². The van der Waals surface area contributed by atoms with Crippen LogP contribution in [0.5, 0.6) is 0 Å². The van der Waals surface area contributed by atoms with E-state index in [0.717, 1.165) is 48.2 Å². The van der Waals surface area contributed by atoms with Crippen molar-refractivity contribution in [1.82, 2.24) is 16.0 Å². The van der Waals surface area contributed by atoms with Gasteiger partial charge in [0, 0.05) is 44.2 Å². The number of carbonyl (C=O) groups is 3. The summed E-state index contributed by atoms with van der Waals surface area (Å²) in [4.78, 5) is 31.3. The van der Waals surface area contributed by atoms with Gasteiger partial charge in [-0.2, -0.15) is 0 Å². The molecule has 0 aliphatic heterocycles. The van der Waals surface area contributed by atoms with Gasteiger partial charge in [0.1, 0.15) is 6.29 Å². The van der Waals surface area contributed by atoms with Crippen LogP contribution in [-0.4, -0.2) is 57.2 Å². The Bertz CT molecular complexity index is 1410. The van der Waals surface area contributed by atoms with Gasteiger partial charge in [0.15, 0.2) is 0 Å². The molecule has 0 fully saturated rings. The number of nitrogens with zero attached hydrogens (tertiary/aromatic N) is 1. The minimum Gasteiger partial charge on any atom is -0.478 e. The fraction of sp³-hybridized carbons (Fsp3) is 0.270. The number of amides is 1. The first-order chi connectivity index (χ1) is 22.2. The number of carboxylic acid groups (broad SMARTS) is 1. The maximum Gasteiger partial charge on any atom is 0.335 e. The molecule has 0 aliphatic rings. The fourth-order valence-electron chi connectivity index (χ4n) is 3.90. The highest BCUT2D eigenvalue weighted by Crippen LogP contribution is 2.21. The highest BCUT2D eigenvalue weighted by atomic mass is 32.2. The Kier molecular flexibility index (Phi) is 21.4. The topological polar surface area (TPSA) is 111 Å². The van der Waals surface area contributed by atoms with Gasteiger partial charge in [0.2, 0.25) is 6.41 Å². The molecule has 0 atom stereocenters. The molecule has 246 valence electrons. The molecule has 0 unspecified atom stereocenters. The molecule has 0 aromatic heterocycles. The second-order valence-corrected chi connectivity index (χ2v) is 11.1. The number of aldehydes is 1. The molecular formula is C37H48N4O4S. The first-order valence-electron chi connectivity index (χ1n) is 15.0. The minimum atomic E-state index is -0.915. The van der Waals surface area contributed by atoms with E-state index in [0.29, 0.717) is 25.1 Å². The van der Waals surface area contributed by atoms with Crippen LogP contribution in [0.1, 0.15) is 49.4 Å². The third kappa shape index (κ3) is 18.4. The van der Waals surface area contributed by atoms with Crippen molar-refractivity contribution in [2.45, 2.75) is 33.4 Å². The zero-order chi connectivity index (χ0) is 34.0. The number of carboxylic acids is 1. The number of rotatable bonds is 13. The number of anilines is 1. The zero-order valence-electron chi connectivity index (χ0n) is 27.5. The summed E-state index contributed by atoms with van der Waals surface area (Å²) < 4.78 is 2.03. The summed E-state index contributed by atoms with van der Waals surface area (Å²) in [5.41, 5.74) is 6.80. The smallest absolute Gasteiger partial charge is 0.335 e. The van der Waals surface area contributed by atoms with Gasteiger partial charge >= 0.3 is 5.97 Å². The molecule has 4 rings (SSSR count). The molecule has 0 radical (unpaired) electrons. The zero-order valence-corrected chi connectivity index (χ0v) is 28.3. The quantitative estimate of drug-likeness (QED) is 0.0739. The van der Waals surface area contributed by atoms with Gasteiger partial charge in [-0.15, -0.1) is 0 Å². The Morgan fingerprint density at radius 2 is 1.46 bits per heavy atom. The summed E-state index contributed by atoms with van der Waals surface area (Å²) in [7, 11) is 3.93. The van der Waals surface area contributed by atoms with E-state index >= 15 is 0 Å². The van der Waals surface area contributed by atoms with Crippen molar-refractivity contribution in [3.05, 3.63) is 137 Å². The maximum atomic E-state index is 10.7. The lowest BCUT2D eigenvalue weighted by Crippen LogP contribution is -2.20. The lowest BCUT2D eigenvalue weighted by molar-refractivity contribution is -0.109. The summed E-state index contributed by atoms with van der Waals surface area (Å²) in [5, 5.41) is 17.7. The summed E-state index contributed by atoms with van der Waals surface area (Å²) >= 11 is 1.62. The number of hydrogen-bond donors (Lipinski definition) is 4. The molecule has 0 spiro atoms. The van der Waals surface area contributed by atoms with Crippen LogP contribution in [0, 0.1) is 13.8 Å². The molecular weight excluding hydrogens is 596 g/mol. The lowest BCUT2D eigenvalue weighted by Gasteiger charge is -2.16. The maximum absolute atomic E-state index is 10.7. The minimum absolute atomic E-state index is 0.298. The average molecular weight is 645 g/mol. The molecule has 4 aromatic carbocycles. The predicted octanol–water partition coefficient (Wildman–Crippen LogP) is 6.53. The van der Waals surface area contributed by atoms with Crippen LogP contribution >= 0.6 is 11.9 Å². The molecule has 0 bridgehead atoms. The molecule has 4 aromatic rings. The van der Waals surface area contributed by atoms with E-state index in [-0.39, 0.29) is 0 Å². The van der Waals surface area contributed by atoms with Crippen molar-refractivity contribution in [2.75, 3.05) is 37.7 Å². The Labute approximate surface area is 278 Å². The Balaban J connectivity index is 0.000000323. The summed E-state index contributed by atoms with van der Waals surface area (Å²) in [6.45, 7) is 7.08. The van der Waals surface area contributed by atoms with Crippen LogP contribution in [0.15, 0.2) is 103 Å². The number of aromatic carboxylic acids is 1. The average Bonchev–Trinajstić information content (AvgIpc) is 3.07. The number of carbonyl (C=O) groups excluding carboxylic acids is 2. The standard InChI is InChI=1S/C12H16N2O3.C10H13NOS.C8H11N.C7H8/c15-9-14-6-2-5-13-8-10-3-1-4-11(7-10)12(16)17;1-8-4-9(7-12)6-10(5-8)11(2)13-3;1-9-7-8-5-3-2-4-6-8;1-7-5-3-2-4-6-7/h1,3-4,7,9,13H,2,5-6,8H2,(H,14,15)(H,16,17);4-7H,1-3H3;2-6,9H,7H2,1H3;2-6H,1H3. The fourth-order valence-corrected chi connectivity index (χ4v) is 4.22. The summed E-state index contributed by atoms with van der Waals surface area (Å²) in [5.74, 6) is -0.915. The van der Waals surface area contributed by atoms with Crippen molar-refractivity contribution in [3.63, 3.8) is 0 Å². The van der Waals surface area contributed by atoms with Crippen molar-refractivity contribution in [1.29, 1.82) is 0 Å². The van der Waals surface area contributed by atoms with Crippen molar-refractivity contribution in [2.24, 2.45) is 0 Å². The predicted molar refractivity (Wildman–Crippen MR) is 193 cm³/mol. The Morgan fingerprint density at radius 3 is 2.00 bits per heavy atom. The molecule has 0 saturated heterocycles. The van der Waals surface area contributed by atoms with E-state index in [1.165, 1.54) is 11.1 Å². The first-order valence-corrected chi connectivity index (χ1v) is 16.2. The van der Waals surface area contributed by atoms with Crippen molar-refractivity contribution >= 4 is 36.3 Å². The van der Waals surface area contributed by atoms with Gasteiger partial charge in [-0.25, -0.2) is 4.79 Å². The van der Waals surface area contributed by atoms with E-state index in [1.807, 2.05) is 86.2 Å². The van der Waals surface area contributed by atoms with Gasteiger partial charge in [0.05, 0.1) is 5.56 Å². The largest absolute Gasteiger partial charge is 0.478 e.